The van der Waals surface area contributed by atoms with Crippen LogP contribution in [0.2, 0.25) is 0 Å². The lowest BCUT2D eigenvalue weighted by Crippen LogP contribution is -2.23. The summed E-state index contributed by atoms with van der Waals surface area (Å²) in [5, 5.41) is 6.65. The summed E-state index contributed by atoms with van der Waals surface area (Å²) < 4.78 is 20.1. The number of H-pyrrole nitrogens is 1. The zero-order chi connectivity index (χ0) is 18.8. The highest BCUT2D eigenvalue weighted by molar-refractivity contribution is 5.93. The first-order chi connectivity index (χ1) is 13.1. The molecule has 0 aliphatic heterocycles. The Morgan fingerprint density at radius 1 is 1.26 bits per heavy atom. The van der Waals surface area contributed by atoms with E-state index in [9.17, 15) is 9.18 Å². The molecule has 27 heavy (non-hydrogen) atoms. The van der Waals surface area contributed by atoms with E-state index in [1.807, 2.05) is 29.9 Å². The normalized spacial score (nSPS) is 10.9. The van der Waals surface area contributed by atoms with Gasteiger partial charge in [-0.15, -0.1) is 0 Å². The van der Waals surface area contributed by atoms with E-state index in [4.69, 9.17) is 4.52 Å². The minimum absolute atomic E-state index is 0.112. The van der Waals surface area contributed by atoms with Crippen molar-refractivity contribution in [2.75, 3.05) is 0 Å². The van der Waals surface area contributed by atoms with E-state index in [1.165, 1.54) is 12.1 Å². The van der Waals surface area contributed by atoms with Gasteiger partial charge in [-0.25, -0.2) is 4.39 Å². The van der Waals surface area contributed by atoms with Crippen molar-refractivity contribution in [1.29, 1.82) is 0 Å². The Bertz CT molecular complexity index is 1080. The molecule has 2 N–H and O–H groups in total. The Morgan fingerprint density at radius 2 is 2.07 bits per heavy atom. The van der Waals surface area contributed by atoms with Crippen molar-refractivity contribution in [3.05, 3.63) is 72.3 Å². The summed E-state index contributed by atoms with van der Waals surface area (Å²) in [5.74, 6) is 0.165. The predicted molar refractivity (Wildman–Crippen MR) is 96.1 cm³/mol. The van der Waals surface area contributed by atoms with Gasteiger partial charge < -0.3 is 19.4 Å². The Balaban J connectivity index is 1.41. The van der Waals surface area contributed by atoms with Crippen molar-refractivity contribution in [2.45, 2.75) is 6.54 Å². The third kappa shape index (κ3) is 3.50. The summed E-state index contributed by atoms with van der Waals surface area (Å²) in [6.45, 7) is 0.112. The predicted octanol–water partition coefficient (Wildman–Crippen LogP) is 3.14. The van der Waals surface area contributed by atoms with Gasteiger partial charge in [0.15, 0.2) is 0 Å². The van der Waals surface area contributed by atoms with Crippen molar-refractivity contribution in [1.82, 2.24) is 25.0 Å². The largest absolute Gasteiger partial charge is 0.357 e. The summed E-state index contributed by atoms with van der Waals surface area (Å²) in [6, 6.07) is 11.5. The van der Waals surface area contributed by atoms with Gasteiger partial charge in [-0.2, -0.15) is 4.98 Å². The molecule has 0 fully saturated rings. The van der Waals surface area contributed by atoms with Crippen LogP contribution < -0.4 is 5.32 Å². The fraction of sp³-hybridized carbons (Fsp3) is 0.105. The van der Waals surface area contributed by atoms with Crippen LogP contribution in [0.3, 0.4) is 0 Å². The van der Waals surface area contributed by atoms with Crippen LogP contribution >= 0.6 is 0 Å². The van der Waals surface area contributed by atoms with E-state index in [1.54, 1.807) is 24.4 Å². The van der Waals surface area contributed by atoms with E-state index in [0.29, 0.717) is 17.4 Å². The molecule has 0 spiro atoms. The van der Waals surface area contributed by atoms with E-state index in [2.05, 4.69) is 20.4 Å². The van der Waals surface area contributed by atoms with Gasteiger partial charge >= 0.3 is 0 Å². The highest BCUT2D eigenvalue weighted by Crippen LogP contribution is 2.20. The average Bonchev–Trinajstić information content (AvgIpc) is 3.40. The van der Waals surface area contributed by atoms with Crippen LogP contribution in [0.4, 0.5) is 4.39 Å². The summed E-state index contributed by atoms with van der Waals surface area (Å²) in [6.07, 6.45) is 3.58. The van der Waals surface area contributed by atoms with Crippen LogP contribution in [0, 0.1) is 5.82 Å². The summed E-state index contributed by atoms with van der Waals surface area (Å²) in [7, 11) is 1.89. The standard InChI is InChI=1S/C19H16FN5O2/c1-25-8-2-3-16(25)18-23-17(27-24-18)11-22-19(26)15-9-13(10-21-15)12-4-6-14(20)7-5-12/h2-10,21H,11H2,1H3,(H,22,26). The second-order valence-corrected chi connectivity index (χ2v) is 6.01. The summed E-state index contributed by atoms with van der Waals surface area (Å²) >= 11 is 0. The molecule has 0 aliphatic carbocycles. The van der Waals surface area contributed by atoms with Gasteiger partial charge in [0, 0.05) is 19.4 Å². The topological polar surface area (TPSA) is 88.7 Å². The molecule has 1 amide bonds. The third-order valence-electron chi connectivity index (χ3n) is 4.15. The molecule has 0 atom stereocenters. The lowest BCUT2D eigenvalue weighted by atomic mass is 10.1. The monoisotopic (exact) mass is 365 g/mol. The van der Waals surface area contributed by atoms with Crippen molar-refractivity contribution in [2.24, 2.45) is 7.05 Å². The number of aryl methyl sites for hydroxylation is 1. The number of hydrogen-bond acceptors (Lipinski definition) is 4. The van der Waals surface area contributed by atoms with E-state index >= 15 is 0 Å². The Kier molecular flexibility index (Phi) is 4.29. The number of aromatic amines is 1. The van der Waals surface area contributed by atoms with Gasteiger partial charge in [0.1, 0.15) is 11.5 Å². The molecule has 7 nitrogen and oxygen atoms in total. The van der Waals surface area contributed by atoms with Crippen molar-refractivity contribution < 1.29 is 13.7 Å². The van der Waals surface area contributed by atoms with Crippen molar-refractivity contribution in [3.8, 4) is 22.6 Å². The number of rotatable bonds is 5. The zero-order valence-electron chi connectivity index (χ0n) is 14.4. The maximum Gasteiger partial charge on any atom is 0.268 e. The number of nitrogens with one attached hydrogen (secondary N) is 2. The first kappa shape index (κ1) is 16.8. The van der Waals surface area contributed by atoms with Gasteiger partial charge in [-0.05, 0) is 41.5 Å². The fourth-order valence-electron chi connectivity index (χ4n) is 2.71. The quantitative estimate of drug-likeness (QED) is 0.569. The average molecular weight is 365 g/mol. The number of amides is 1. The Labute approximate surface area is 153 Å². The van der Waals surface area contributed by atoms with Crippen LogP contribution in [-0.2, 0) is 13.6 Å². The maximum absolute atomic E-state index is 13.0. The molecule has 0 bridgehead atoms. The molecule has 1 aromatic carbocycles. The third-order valence-corrected chi connectivity index (χ3v) is 4.15. The molecule has 3 aromatic heterocycles. The van der Waals surface area contributed by atoms with E-state index in [0.717, 1.165) is 16.8 Å². The zero-order valence-corrected chi connectivity index (χ0v) is 14.4. The summed E-state index contributed by atoms with van der Waals surface area (Å²) in [4.78, 5) is 19.5. The van der Waals surface area contributed by atoms with Crippen LogP contribution in [-0.4, -0.2) is 25.6 Å². The fourth-order valence-corrected chi connectivity index (χ4v) is 2.71. The minimum atomic E-state index is -0.304. The van der Waals surface area contributed by atoms with Crippen LogP contribution in [0.15, 0.2) is 59.4 Å². The SMILES string of the molecule is Cn1cccc1-c1noc(CNC(=O)c2cc(-c3ccc(F)cc3)c[nH]2)n1. The number of halogens is 1. The molecule has 0 saturated carbocycles. The molecule has 0 saturated heterocycles. The van der Waals surface area contributed by atoms with Crippen LogP contribution in [0.25, 0.3) is 22.6 Å². The molecule has 8 heteroatoms. The number of hydrogen-bond donors (Lipinski definition) is 2. The minimum Gasteiger partial charge on any atom is -0.357 e. The molecule has 0 aliphatic rings. The van der Waals surface area contributed by atoms with Crippen molar-refractivity contribution in [3.63, 3.8) is 0 Å². The first-order valence-electron chi connectivity index (χ1n) is 8.27. The highest BCUT2D eigenvalue weighted by Gasteiger charge is 2.14. The van der Waals surface area contributed by atoms with E-state index in [-0.39, 0.29) is 18.3 Å². The second kappa shape index (κ2) is 6.91. The van der Waals surface area contributed by atoms with Crippen LogP contribution in [0.1, 0.15) is 16.4 Å². The van der Waals surface area contributed by atoms with Crippen molar-refractivity contribution >= 4 is 5.91 Å². The van der Waals surface area contributed by atoms with Gasteiger partial charge in [-0.1, -0.05) is 17.3 Å². The van der Waals surface area contributed by atoms with Gasteiger partial charge in [0.25, 0.3) is 5.91 Å². The summed E-state index contributed by atoms with van der Waals surface area (Å²) in [5.41, 5.74) is 2.82. The molecule has 0 radical (unpaired) electrons. The second-order valence-electron chi connectivity index (χ2n) is 6.01. The lowest BCUT2D eigenvalue weighted by molar-refractivity contribution is 0.0942. The molecule has 0 unspecified atom stereocenters. The lowest BCUT2D eigenvalue weighted by Gasteiger charge is -1.99. The van der Waals surface area contributed by atoms with E-state index < -0.39 is 0 Å². The number of nitrogens with zero attached hydrogens (tertiary/aromatic N) is 3. The number of aromatic nitrogens is 4. The molecular formula is C19H16FN5O2. The van der Waals surface area contributed by atoms with Gasteiger partial charge in [0.05, 0.1) is 12.2 Å². The smallest absolute Gasteiger partial charge is 0.268 e. The van der Waals surface area contributed by atoms with Gasteiger partial charge in [-0.3, -0.25) is 4.79 Å². The number of carbonyl (C=O) groups excluding carboxylic acids is 1. The molecule has 4 aromatic rings. The van der Waals surface area contributed by atoms with Crippen LogP contribution in [0.5, 0.6) is 0 Å². The molecule has 4 rings (SSSR count). The molecular weight excluding hydrogens is 349 g/mol. The number of carbonyl (C=O) groups is 1. The molecule has 3 heterocycles. The Hall–Kier alpha value is -3.68. The molecule has 136 valence electrons. The maximum atomic E-state index is 13.0. The Morgan fingerprint density at radius 3 is 2.81 bits per heavy atom. The first-order valence-corrected chi connectivity index (χ1v) is 8.27. The number of benzene rings is 1. The highest BCUT2D eigenvalue weighted by atomic mass is 19.1. The van der Waals surface area contributed by atoms with Gasteiger partial charge in [0.2, 0.25) is 11.7 Å².